The maximum atomic E-state index is 2.50. The van der Waals surface area contributed by atoms with Gasteiger partial charge in [0.15, 0.2) is 0 Å². The molecule has 0 amide bonds. The van der Waals surface area contributed by atoms with Crippen molar-refractivity contribution in [2.45, 2.75) is 71.1 Å². The van der Waals surface area contributed by atoms with Gasteiger partial charge in [0, 0.05) is 12.8 Å². The average molecular weight is 297 g/mol. The Kier molecular flexibility index (Phi) is 7.01. The first kappa shape index (κ1) is 17.3. The van der Waals surface area contributed by atoms with E-state index in [1.165, 1.54) is 119 Å². The molecule has 0 unspecified atom stereocenters. The maximum absolute atomic E-state index is 2.50. The third kappa shape index (κ3) is 5.56. The Morgan fingerprint density at radius 1 is 0.619 bits per heavy atom. The first-order valence-electron chi connectivity index (χ1n) is 9.87. The number of likely N-dealkylation sites (tertiary alicyclic amines) is 2. The van der Waals surface area contributed by atoms with Gasteiger partial charge >= 0.3 is 0 Å². The Hall–Kier alpha value is -0.0800. The lowest BCUT2D eigenvalue weighted by Crippen LogP contribution is -2.53. The highest BCUT2D eigenvalue weighted by molar-refractivity contribution is 4.57. The summed E-state index contributed by atoms with van der Waals surface area (Å²) in [7, 11) is 2.50. The Morgan fingerprint density at radius 3 is 1.76 bits per heavy atom. The van der Waals surface area contributed by atoms with E-state index in [2.05, 4.69) is 14.0 Å². The van der Waals surface area contributed by atoms with Gasteiger partial charge in [0.1, 0.15) is 0 Å². The number of piperidine rings is 2. The third-order valence-electron chi connectivity index (χ3n) is 6.23. The van der Waals surface area contributed by atoms with E-state index in [4.69, 9.17) is 0 Å². The second-order valence-corrected chi connectivity index (χ2v) is 8.21. The van der Waals surface area contributed by atoms with Crippen LogP contribution in [0.1, 0.15) is 71.1 Å². The number of nitrogens with zero attached hydrogens (tertiary/aromatic N) is 2. The maximum Gasteiger partial charge on any atom is 0.0788 e. The summed E-state index contributed by atoms with van der Waals surface area (Å²) in [5.41, 5.74) is 0. The minimum Gasteiger partial charge on any atom is -0.326 e. The molecule has 0 aromatic rings. The highest BCUT2D eigenvalue weighted by Crippen LogP contribution is 2.22. The number of unbranched alkanes of at least 4 members (excludes halogenated alkanes) is 2. The molecule has 0 radical (unpaired) electrons. The van der Waals surface area contributed by atoms with Gasteiger partial charge in [-0.3, -0.25) is 0 Å². The van der Waals surface area contributed by atoms with E-state index in [0.717, 1.165) is 0 Å². The van der Waals surface area contributed by atoms with Crippen LogP contribution in [0.3, 0.4) is 0 Å². The zero-order valence-electron chi connectivity index (χ0n) is 14.9. The fourth-order valence-electron chi connectivity index (χ4n) is 4.68. The van der Waals surface area contributed by atoms with E-state index in [1.807, 2.05) is 0 Å². The number of hydrogen-bond donors (Lipinski definition) is 0. The Labute approximate surface area is 133 Å². The molecular weight excluding hydrogens is 256 g/mol. The molecule has 0 saturated carbocycles. The van der Waals surface area contributed by atoms with E-state index in [-0.39, 0.29) is 0 Å². The van der Waals surface area contributed by atoms with E-state index in [0.29, 0.717) is 0 Å². The summed E-state index contributed by atoms with van der Waals surface area (Å²) in [6.45, 7) is 12.6. The predicted molar refractivity (Wildman–Crippen MR) is 92.4 cm³/mol. The fraction of sp³-hybridized carbons (Fsp3) is 1.00. The van der Waals surface area contributed by atoms with Gasteiger partial charge in [-0.1, -0.05) is 13.3 Å². The van der Waals surface area contributed by atoms with Crippen LogP contribution in [0, 0.1) is 0 Å². The van der Waals surface area contributed by atoms with Crippen LogP contribution in [0.5, 0.6) is 0 Å². The molecule has 0 atom stereocenters. The van der Waals surface area contributed by atoms with E-state index < -0.39 is 0 Å². The summed E-state index contributed by atoms with van der Waals surface area (Å²) in [5, 5.41) is 0. The van der Waals surface area contributed by atoms with Crippen LogP contribution in [0.4, 0.5) is 0 Å². The standard InChI is InChI=1S/C19H40N2/c1-3-4-16-21(17-9-6-10-18-21)19-12-11-15-20(2)13-7-5-8-14-20/h3-19H2,1-2H3/q+2. The van der Waals surface area contributed by atoms with E-state index in [9.17, 15) is 0 Å². The van der Waals surface area contributed by atoms with Crippen molar-refractivity contribution in [3.63, 3.8) is 0 Å². The normalized spacial score (nSPS) is 24.9. The SMILES string of the molecule is CCCC[N+]1(CCCC[N+]2(C)CCCCC2)CCCCC1. The molecule has 2 saturated heterocycles. The molecule has 0 aromatic carbocycles. The first-order valence-corrected chi connectivity index (χ1v) is 9.87. The molecule has 2 rings (SSSR count). The largest absolute Gasteiger partial charge is 0.326 e. The quantitative estimate of drug-likeness (QED) is 0.465. The van der Waals surface area contributed by atoms with Gasteiger partial charge in [0.05, 0.1) is 52.9 Å². The molecule has 0 spiro atoms. The summed E-state index contributed by atoms with van der Waals surface area (Å²) in [6, 6.07) is 0. The van der Waals surface area contributed by atoms with Crippen molar-refractivity contribution in [1.82, 2.24) is 0 Å². The fourth-order valence-corrected chi connectivity index (χ4v) is 4.68. The molecule has 0 bridgehead atoms. The lowest BCUT2D eigenvalue weighted by atomic mass is 10.0. The van der Waals surface area contributed by atoms with Gasteiger partial charge in [0.2, 0.25) is 0 Å². The molecule has 0 aromatic heterocycles. The van der Waals surface area contributed by atoms with Crippen molar-refractivity contribution < 1.29 is 8.97 Å². The number of rotatable bonds is 8. The molecule has 2 nitrogen and oxygen atoms in total. The zero-order chi connectivity index (χ0) is 15.0. The van der Waals surface area contributed by atoms with Gasteiger partial charge in [-0.2, -0.15) is 0 Å². The molecule has 2 aliphatic heterocycles. The molecular formula is C19H40N2+2. The Morgan fingerprint density at radius 2 is 1.14 bits per heavy atom. The van der Waals surface area contributed by atoms with Crippen LogP contribution < -0.4 is 0 Å². The highest BCUT2D eigenvalue weighted by Gasteiger charge is 2.29. The van der Waals surface area contributed by atoms with Crippen LogP contribution in [0.2, 0.25) is 0 Å². The van der Waals surface area contributed by atoms with Gasteiger partial charge in [-0.05, 0) is 44.9 Å². The minimum atomic E-state index is 1.37. The van der Waals surface area contributed by atoms with Crippen molar-refractivity contribution in [3.05, 3.63) is 0 Å². The molecule has 0 N–H and O–H groups in total. The van der Waals surface area contributed by atoms with Crippen molar-refractivity contribution >= 4 is 0 Å². The Bertz CT molecular complexity index is 275. The van der Waals surface area contributed by atoms with Crippen molar-refractivity contribution in [2.24, 2.45) is 0 Å². The second kappa shape index (κ2) is 8.53. The van der Waals surface area contributed by atoms with E-state index in [1.54, 1.807) is 0 Å². The number of quaternary nitrogens is 2. The summed E-state index contributed by atoms with van der Waals surface area (Å²) < 4.78 is 2.84. The monoisotopic (exact) mass is 296 g/mol. The van der Waals surface area contributed by atoms with Gasteiger partial charge in [0.25, 0.3) is 0 Å². The summed E-state index contributed by atoms with van der Waals surface area (Å²) >= 11 is 0. The average Bonchev–Trinajstić information content (AvgIpc) is 2.52. The molecule has 21 heavy (non-hydrogen) atoms. The van der Waals surface area contributed by atoms with Crippen LogP contribution >= 0.6 is 0 Å². The van der Waals surface area contributed by atoms with Gasteiger partial charge < -0.3 is 8.97 Å². The molecule has 2 heteroatoms. The lowest BCUT2D eigenvalue weighted by molar-refractivity contribution is -0.934. The molecule has 0 aliphatic carbocycles. The van der Waals surface area contributed by atoms with Crippen LogP contribution in [0.15, 0.2) is 0 Å². The topological polar surface area (TPSA) is 0 Å². The summed E-state index contributed by atoms with van der Waals surface area (Å²) in [4.78, 5) is 0. The lowest BCUT2D eigenvalue weighted by Gasteiger charge is -2.42. The minimum absolute atomic E-state index is 1.37. The molecule has 2 fully saturated rings. The summed E-state index contributed by atoms with van der Waals surface area (Å²) in [5.74, 6) is 0. The van der Waals surface area contributed by atoms with E-state index >= 15 is 0 Å². The Balaban J connectivity index is 1.71. The van der Waals surface area contributed by atoms with Crippen molar-refractivity contribution in [3.8, 4) is 0 Å². The first-order chi connectivity index (χ1) is 10.2. The molecule has 2 aliphatic rings. The highest BCUT2D eigenvalue weighted by atomic mass is 15.4. The summed E-state index contributed by atoms with van der Waals surface area (Å²) in [6.07, 6.45) is 14.6. The van der Waals surface area contributed by atoms with Gasteiger partial charge in [-0.25, -0.2) is 0 Å². The van der Waals surface area contributed by atoms with Crippen LogP contribution in [-0.2, 0) is 0 Å². The van der Waals surface area contributed by atoms with Crippen LogP contribution in [0.25, 0.3) is 0 Å². The van der Waals surface area contributed by atoms with Crippen molar-refractivity contribution in [2.75, 3.05) is 52.9 Å². The van der Waals surface area contributed by atoms with Gasteiger partial charge in [-0.15, -0.1) is 0 Å². The van der Waals surface area contributed by atoms with Crippen molar-refractivity contribution in [1.29, 1.82) is 0 Å². The number of hydrogen-bond acceptors (Lipinski definition) is 0. The zero-order valence-corrected chi connectivity index (χ0v) is 14.9. The second-order valence-electron chi connectivity index (χ2n) is 8.21. The smallest absolute Gasteiger partial charge is 0.0788 e. The molecule has 2 heterocycles. The molecule has 124 valence electrons. The van der Waals surface area contributed by atoms with Crippen LogP contribution in [-0.4, -0.2) is 61.8 Å². The third-order valence-corrected chi connectivity index (χ3v) is 6.23. The predicted octanol–water partition coefficient (Wildman–Crippen LogP) is 4.20.